The van der Waals surface area contributed by atoms with Crippen molar-refractivity contribution in [2.45, 2.75) is 19.9 Å². The molecule has 1 N–H and O–H groups in total. The molecule has 142 valence electrons. The van der Waals surface area contributed by atoms with Crippen LogP contribution in [0.3, 0.4) is 0 Å². The standard InChI is InChI=1S/C22H20N2O2S2/c1-15-8-6-12-18(14-15)23-20(25)16(2)24-21(26)19(28-22(24)27)13-7-11-17-9-4-3-5-10-17/h3-14,16H,1-2H3,(H,23,25)/b11-7+,19-13-. The summed E-state index contributed by atoms with van der Waals surface area (Å²) in [6.07, 6.45) is 5.47. The van der Waals surface area contributed by atoms with Crippen molar-refractivity contribution in [1.82, 2.24) is 4.90 Å². The van der Waals surface area contributed by atoms with Crippen LogP contribution in [0.5, 0.6) is 0 Å². The normalized spacial score (nSPS) is 16.8. The molecule has 0 aromatic heterocycles. The van der Waals surface area contributed by atoms with E-state index < -0.39 is 6.04 Å². The lowest BCUT2D eigenvalue weighted by Crippen LogP contribution is -2.44. The van der Waals surface area contributed by atoms with Gasteiger partial charge in [-0.3, -0.25) is 14.5 Å². The molecular weight excluding hydrogens is 388 g/mol. The Balaban J connectivity index is 1.69. The SMILES string of the molecule is Cc1cccc(NC(=O)C(C)N2C(=O)/C(=C/C=C/c3ccccc3)SC2=S)c1. The molecule has 1 unspecified atom stereocenters. The van der Waals surface area contributed by atoms with E-state index in [1.165, 1.54) is 16.7 Å². The van der Waals surface area contributed by atoms with Gasteiger partial charge in [-0.1, -0.05) is 78.6 Å². The van der Waals surface area contributed by atoms with Gasteiger partial charge in [0.25, 0.3) is 5.91 Å². The van der Waals surface area contributed by atoms with Crippen LogP contribution in [0.25, 0.3) is 6.08 Å². The molecule has 1 saturated heterocycles. The van der Waals surface area contributed by atoms with E-state index in [0.29, 0.717) is 14.9 Å². The minimum Gasteiger partial charge on any atom is -0.324 e. The Morgan fingerprint density at radius 3 is 2.64 bits per heavy atom. The minimum absolute atomic E-state index is 0.250. The molecule has 0 radical (unpaired) electrons. The number of rotatable bonds is 5. The summed E-state index contributed by atoms with van der Waals surface area (Å²) in [6, 6.07) is 16.6. The lowest BCUT2D eigenvalue weighted by atomic mass is 10.2. The van der Waals surface area contributed by atoms with Crippen LogP contribution < -0.4 is 5.32 Å². The zero-order chi connectivity index (χ0) is 20.1. The van der Waals surface area contributed by atoms with Crippen LogP contribution >= 0.6 is 24.0 Å². The highest BCUT2D eigenvalue weighted by Crippen LogP contribution is 2.32. The number of allylic oxidation sites excluding steroid dienone is 2. The van der Waals surface area contributed by atoms with E-state index in [1.54, 1.807) is 13.0 Å². The molecule has 1 aliphatic rings. The van der Waals surface area contributed by atoms with Crippen LogP contribution in [0.2, 0.25) is 0 Å². The number of hydrogen-bond donors (Lipinski definition) is 1. The molecule has 3 rings (SSSR count). The van der Waals surface area contributed by atoms with Gasteiger partial charge in [-0.2, -0.15) is 0 Å². The van der Waals surface area contributed by atoms with Crippen LogP contribution in [0.4, 0.5) is 5.69 Å². The van der Waals surface area contributed by atoms with E-state index in [-0.39, 0.29) is 11.8 Å². The summed E-state index contributed by atoms with van der Waals surface area (Å²) >= 11 is 6.55. The molecule has 0 spiro atoms. The van der Waals surface area contributed by atoms with Crippen LogP contribution in [-0.4, -0.2) is 27.1 Å². The average molecular weight is 409 g/mol. The number of aryl methyl sites for hydroxylation is 1. The molecule has 1 aliphatic heterocycles. The predicted molar refractivity (Wildman–Crippen MR) is 120 cm³/mol. The minimum atomic E-state index is -0.697. The Labute approximate surface area is 174 Å². The Kier molecular flexibility index (Phi) is 6.44. The smallest absolute Gasteiger partial charge is 0.266 e. The first-order chi connectivity index (χ1) is 13.5. The van der Waals surface area contributed by atoms with E-state index in [0.717, 1.165) is 11.1 Å². The molecule has 1 atom stereocenters. The Morgan fingerprint density at radius 2 is 1.93 bits per heavy atom. The van der Waals surface area contributed by atoms with E-state index in [4.69, 9.17) is 12.2 Å². The van der Waals surface area contributed by atoms with Crippen LogP contribution in [0, 0.1) is 6.92 Å². The highest BCUT2D eigenvalue weighted by Gasteiger charge is 2.37. The zero-order valence-electron chi connectivity index (χ0n) is 15.6. The van der Waals surface area contributed by atoms with Crippen molar-refractivity contribution in [3.05, 3.63) is 82.8 Å². The quantitative estimate of drug-likeness (QED) is 0.571. The first kappa shape index (κ1) is 20.0. The molecular formula is C22H20N2O2S2. The Morgan fingerprint density at radius 1 is 1.18 bits per heavy atom. The van der Waals surface area contributed by atoms with E-state index in [9.17, 15) is 9.59 Å². The van der Waals surface area contributed by atoms with Crippen molar-refractivity contribution in [2.75, 3.05) is 5.32 Å². The van der Waals surface area contributed by atoms with Crippen molar-refractivity contribution in [2.24, 2.45) is 0 Å². The van der Waals surface area contributed by atoms with E-state index in [1.807, 2.05) is 73.7 Å². The fourth-order valence-corrected chi connectivity index (χ4v) is 4.10. The molecule has 6 heteroatoms. The fraction of sp³-hybridized carbons (Fsp3) is 0.136. The van der Waals surface area contributed by atoms with Gasteiger partial charge in [0.1, 0.15) is 10.4 Å². The molecule has 28 heavy (non-hydrogen) atoms. The first-order valence-corrected chi connectivity index (χ1v) is 10.0. The molecule has 4 nitrogen and oxygen atoms in total. The van der Waals surface area contributed by atoms with Crippen molar-refractivity contribution in [3.63, 3.8) is 0 Å². The lowest BCUT2D eigenvalue weighted by Gasteiger charge is -2.22. The molecule has 1 heterocycles. The van der Waals surface area contributed by atoms with Gasteiger partial charge in [-0.05, 0) is 43.2 Å². The second-order valence-electron chi connectivity index (χ2n) is 6.38. The number of carbonyl (C=O) groups is 2. The molecule has 0 aliphatic carbocycles. The van der Waals surface area contributed by atoms with Crippen molar-refractivity contribution >= 4 is 51.9 Å². The zero-order valence-corrected chi connectivity index (χ0v) is 17.2. The molecule has 2 amide bonds. The third kappa shape index (κ3) is 4.77. The molecule has 2 aromatic carbocycles. The van der Waals surface area contributed by atoms with Crippen LogP contribution in [0.1, 0.15) is 18.1 Å². The van der Waals surface area contributed by atoms with Crippen LogP contribution in [0.15, 0.2) is 71.7 Å². The lowest BCUT2D eigenvalue weighted by molar-refractivity contribution is -0.129. The van der Waals surface area contributed by atoms with Gasteiger partial charge in [-0.15, -0.1) is 0 Å². The summed E-state index contributed by atoms with van der Waals surface area (Å²) in [5.74, 6) is -0.525. The number of nitrogens with zero attached hydrogens (tertiary/aromatic N) is 1. The number of anilines is 1. The summed E-state index contributed by atoms with van der Waals surface area (Å²) in [5.41, 5.74) is 2.79. The summed E-state index contributed by atoms with van der Waals surface area (Å²) in [4.78, 5) is 27.2. The maximum atomic E-state index is 12.7. The number of thiocarbonyl (C=S) groups is 1. The van der Waals surface area contributed by atoms with Crippen molar-refractivity contribution < 1.29 is 9.59 Å². The maximum Gasteiger partial charge on any atom is 0.266 e. The van der Waals surface area contributed by atoms with Crippen molar-refractivity contribution in [3.8, 4) is 0 Å². The number of amides is 2. The second-order valence-corrected chi connectivity index (χ2v) is 8.05. The third-order valence-corrected chi connectivity index (χ3v) is 5.56. The molecule has 0 bridgehead atoms. The monoisotopic (exact) mass is 408 g/mol. The highest BCUT2D eigenvalue weighted by atomic mass is 32.2. The van der Waals surface area contributed by atoms with E-state index in [2.05, 4.69) is 5.32 Å². The maximum absolute atomic E-state index is 12.7. The number of thioether (sulfide) groups is 1. The Bertz CT molecular complexity index is 968. The van der Waals surface area contributed by atoms with E-state index >= 15 is 0 Å². The summed E-state index contributed by atoms with van der Waals surface area (Å²) in [5, 5.41) is 2.84. The van der Waals surface area contributed by atoms with Gasteiger partial charge in [-0.25, -0.2) is 0 Å². The van der Waals surface area contributed by atoms with Gasteiger partial charge >= 0.3 is 0 Å². The third-order valence-electron chi connectivity index (χ3n) is 4.21. The second kappa shape index (κ2) is 8.99. The predicted octanol–water partition coefficient (Wildman–Crippen LogP) is 4.78. The van der Waals surface area contributed by atoms with Gasteiger partial charge in [0, 0.05) is 5.69 Å². The highest BCUT2D eigenvalue weighted by molar-refractivity contribution is 8.26. The van der Waals surface area contributed by atoms with Crippen molar-refractivity contribution in [1.29, 1.82) is 0 Å². The first-order valence-electron chi connectivity index (χ1n) is 8.82. The summed E-state index contributed by atoms with van der Waals surface area (Å²) in [7, 11) is 0. The van der Waals surface area contributed by atoms with Gasteiger partial charge in [0.2, 0.25) is 5.91 Å². The number of nitrogens with one attached hydrogen (secondary N) is 1. The molecule has 2 aromatic rings. The topological polar surface area (TPSA) is 49.4 Å². The number of carbonyl (C=O) groups excluding carboxylic acids is 2. The fourth-order valence-electron chi connectivity index (χ4n) is 2.73. The van der Waals surface area contributed by atoms with Crippen LogP contribution in [-0.2, 0) is 9.59 Å². The van der Waals surface area contributed by atoms with Gasteiger partial charge in [0.15, 0.2) is 0 Å². The largest absolute Gasteiger partial charge is 0.324 e. The Hall–Kier alpha value is -2.70. The number of hydrogen-bond acceptors (Lipinski definition) is 4. The summed E-state index contributed by atoms with van der Waals surface area (Å²) in [6.45, 7) is 3.63. The molecule has 1 fully saturated rings. The molecule has 0 saturated carbocycles. The van der Waals surface area contributed by atoms with Gasteiger partial charge in [0.05, 0.1) is 4.91 Å². The number of benzene rings is 2. The summed E-state index contributed by atoms with van der Waals surface area (Å²) < 4.78 is 0.385. The average Bonchev–Trinajstić information content (AvgIpc) is 2.95. The van der Waals surface area contributed by atoms with Gasteiger partial charge < -0.3 is 5.32 Å².